The largest absolute Gasteiger partial charge is 0.331 e. The normalized spacial score (nSPS) is 11.0. The van der Waals surface area contributed by atoms with Crippen molar-refractivity contribution in [3.63, 3.8) is 0 Å². The molecule has 0 aromatic carbocycles. The third kappa shape index (κ3) is 5.12. The van der Waals surface area contributed by atoms with E-state index in [2.05, 4.69) is 39.8 Å². The first-order valence-corrected chi connectivity index (χ1v) is 13.5. The van der Waals surface area contributed by atoms with E-state index in [-0.39, 0.29) is 0 Å². The summed E-state index contributed by atoms with van der Waals surface area (Å²) >= 11 is 7.54. The fraction of sp³-hybridized carbons (Fsp3) is 0.107. The molecule has 0 aliphatic heterocycles. The van der Waals surface area contributed by atoms with Gasteiger partial charge in [-0.25, -0.2) is 14.5 Å². The van der Waals surface area contributed by atoms with Crippen LogP contribution in [0.25, 0.3) is 33.5 Å². The third-order valence-corrected chi connectivity index (χ3v) is 7.08. The van der Waals surface area contributed by atoms with Crippen LogP contribution in [0.4, 0.5) is 10.8 Å². The van der Waals surface area contributed by atoms with Crippen LogP contribution in [0.3, 0.4) is 0 Å². The molecule has 7 aromatic heterocycles. The topological polar surface area (TPSA) is 111 Å². The highest BCUT2D eigenvalue weighted by Gasteiger charge is 2.13. The van der Waals surface area contributed by atoms with E-state index in [0.29, 0.717) is 5.15 Å². The molecule has 0 saturated heterocycles. The minimum atomic E-state index is 0.563. The van der Waals surface area contributed by atoms with Crippen LogP contribution in [0, 0.1) is 20.8 Å². The van der Waals surface area contributed by atoms with Gasteiger partial charge in [0.05, 0.1) is 18.1 Å². The standard InChI is InChI=1S/C16H14N6S.C12H9ClN4/c1-10-7-14(20-15-8-11(2)21-23-15)22-16(19-10)13(9-18-22)12-3-5-17-6-4-12;1-8-6-11(13)17-12(16-8)10(7-15-17)9-2-4-14-5-3-9/h3-9,20H,1-2H3;2-7H,1H3. The Kier molecular flexibility index (Phi) is 6.89. The molecule has 0 radical (unpaired) electrons. The van der Waals surface area contributed by atoms with E-state index in [1.807, 2.05) is 67.9 Å². The highest BCUT2D eigenvalue weighted by atomic mass is 35.5. The number of rotatable bonds is 4. The van der Waals surface area contributed by atoms with E-state index in [4.69, 9.17) is 11.6 Å². The lowest BCUT2D eigenvalue weighted by Crippen LogP contribution is -2.01. The molecule has 0 fully saturated rings. The van der Waals surface area contributed by atoms with Gasteiger partial charge in [0.25, 0.3) is 0 Å². The number of nitrogens with zero attached hydrogens (tertiary/aromatic N) is 9. The number of aromatic nitrogens is 9. The van der Waals surface area contributed by atoms with Crippen LogP contribution in [0.2, 0.25) is 5.15 Å². The Bertz CT molecular complexity index is 1930. The summed E-state index contributed by atoms with van der Waals surface area (Å²) in [6, 6.07) is 13.5. The summed E-state index contributed by atoms with van der Waals surface area (Å²) in [7, 11) is 0. The maximum absolute atomic E-state index is 6.11. The van der Waals surface area contributed by atoms with Crippen LogP contribution >= 0.6 is 23.1 Å². The summed E-state index contributed by atoms with van der Waals surface area (Å²) < 4.78 is 7.74. The molecule has 10 nitrogen and oxygen atoms in total. The van der Waals surface area contributed by atoms with Crippen molar-refractivity contribution in [2.75, 3.05) is 5.32 Å². The van der Waals surface area contributed by atoms with Gasteiger partial charge < -0.3 is 5.32 Å². The van der Waals surface area contributed by atoms with Crippen molar-refractivity contribution in [2.45, 2.75) is 20.8 Å². The minimum absolute atomic E-state index is 0.563. The van der Waals surface area contributed by atoms with E-state index in [0.717, 1.165) is 61.4 Å². The van der Waals surface area contributed by atoms with Gasteiger partial charge in [-0.3, -0.25) is 9.97 Å². The molecule has 0 bridgehead atoms. The Balaban J connectivity index is 0.000000151. The molecule has 0 aliphatic carbocycles. The lowest BCUT2D eigenvalue weighted by Gasteiger charge is -2.07. The summed E-state index contributed by atoms with van der Waals surface area (Å²) in [5.41, 5.74) is 8.41. The molecule has 198 valence electrons. The first-order chi connectivity index (χ1) is 19.5. The fourth-order valence-electron chi connectivity index (χ4n) is 4.23. The highest BCUT2D eigenvalue weighted by Crippen LogP contribution is 2.28. The van der Waals surface area contributed by atoms with Crippen molar-refractivity contribution >= 4 is 45.2 Å². The predicted octanol–water partition coefficient (Wildman–Crippen LogP) is 6.36. The number of hydrogen-bond acceptors (Lipinski definition) is 9. The Hall–Kier alpha value is -4.74. The highest BCUT2D eigenvalue weighted by molar-refractivity contribution is 7.10. The summed E-state index contributed by atoms with van der Waals surface area (Å²) in [5.74, 6) is 0.872. The van der Waals surface area contributed by atoms with Crippen molar-refractivity contribution in [1.29, 1.82) is 0 Å². The van der Waals surface area contributed by atoms with Crippen LogP contribution in [0.15, 0.2) is 79.6 Å². The van der Waals surface area contributed by atoms with E-state index < -0.39 is 0 Å². The lowest BCUT2D eigenvalue weighted by molar-refractivity contribution is 0.930. The molecule has 0 spiro atoms. The first-order valence-electron chi connectivity index (χ1n) is 12.3. The van der Waals surface area contributed by atoms with E-state index in [1.165, 1.54) is 11.5 Å². The molecule has 0 amide bonds. The third-order valence-electron chi connectivity index (χ3n) is 6.02. The van der Waals surface area contributed by atoms with Crippen molar-refractivity contribution in [1.82, 2.24) is 43.5 Å². The molecule has 0 aliphatic rings. The summed E-state index contributed by atoms with van der Waals surface area (Å²) in [6.07, 6.45) is 10.6. The zero-order chi connectivity index (χ0) is 27.6. The molecule has 1 N–H and O–H groups in total. The van der Waals surface area contributed by atoms with Crippen molar-refractivity contribution in [2.24, 2.45) is 0 Å². The average molecular weight is 567 g/mol. The second-order valence-electron chi connectivity index (χ2n) is 9.02. The molecule has 7 heterocycles. The average Bonchev–Trinajstić information content (AvgIpc) is 3.68. The Labute approximate surface area is 238 Å². The molecule has 7 aromatic rings. The monoisotopic (exact) mass is 566 g/mol. The Morgan fingerprint density at radius 2 is 1.25 bits per heavy atom. The van der Waals surface area contributed by atoms with E-state index in [1.54, 1.807) is 41.6 Å². The number of nitrogens with one attached hydrogen (secondary N) is 1. The predicted molar refractivity (Wildman–Crippen MR) is 157 cm³/mol. The van der Waals surface area contributed by atoms with Gasteiger partial charge in [-0.05, 0) is 79.8 Å². The van der Waals surface area contributed by atoms with E-state index >= 15 is 0 Å². The summed E-state index contributed by atoms with van der Waals surface area (Å²) in [6.45, 7) is 5.87. The number of anilines is 2. The minimum Gasteiger partial charge on any atom is -0.331 e. The van der Waals surface area contributed by atoms with Crippen LogP contribution in [0.1, 0.15) is 17.1 Å². The van der Waals surface area contributed by atoms with Gasteiger partial charge in [0.2, 0.25) is 0 Å². The zero-order valence-electron chi connectivity index (χ0n) is 21.8. The Morgan fingerprint density at radius 3 is 1.82 bits per heavy atom. The number of aryl methyl sites for hydroxylation is 3. The van der Waals surface area contributed by atoms with Gasteiger partial charge in [-0.15, -0.1) is 0 Å². The smallest absolute Gasteiger partial charge is 0.165 e. The molecular formula is C28H23ClN10S. The maximum Gasteiger partial charge on any atom is 0.165 e. The van der Waals surface area contributed by atoms with Gasteiger partial charge >= 0.3 is 0 Å². The molecule has 7 rings (SSSR count). The molecule has 0 saturated carbocycles. The van der Waals surface area contributed by atoms with Gasteiger partial charge in [0.1, 0.15) is 16.0 Å². The summed E-state index contributed by atoms with van der Waals surface area (Å²) in [4.78, 5) is 17.2. The quantitative estimate of drug-likeness (QED) is 0.245. The van der Waals surface area contributed by atoms with Crippen molar-refractivity contribution in [3.05, 3.63) is 102 Å². The molecule has 0 atom stereocenters. The maximum atomic E-state index is 6.11. The molecule has 40 heavy (non-hydrogen) atoms. The van der Waals surface area contributed by atoms with E-state index in [9.17, 15) is 0 Å². The second kappa shape index (κ2) is 10.8. The Morgan fingerprint density at radius 1 is 0.700 bits per heavy atom. The van der Waals surface area contributed by atoms with Crippen molar-refractivity contribution < 1.29 is 0 Å². The first kappa shape index (κ1) is 25.5. The molecular weight excluding hydrogens is 544 g/mol. The lowest BCUT2D eigenvalue weighted by atomic mass is 10.1. The van der Waals surface area contributed by atoms with Crippen LogP contribution < -0.4 is 5.32 Å². The number of fused-ring (bicyclic) bond motifs is 2. The van der Waals surface area contributed by atoms with Crippen LogP contribution in [-0.4, -0.2) is 43.5 Å². The van der Waals surface area contributed by atoms with Crippen LogP contribution in [-0.2, 0) is 0 Å². The van der Waals surface area contributed by atoms with Gasteiger partial charge in [-0.2, -0.15) is 19.1 Å². The number of pyridine rings is 2. The summed E-state index contributed by atoms with van der Waals surface area (Å²) in [5, 5.41) is 13.7. The van der Waals surface area contributed by atoms with Crippen molar-refractivity contribution in [3.8, 4) is 22.3 Å². The molecule has 0 unspecified atom stereocenters. The number of hydrogen-bond donors (Lipinski definition) is 1. The van der Waals surface area contributed by atoms with Gasteiger partial charge in [0.15, 0.2) is 11.3 Å². The van der Waals surface area contributed by atoms with Gasteiger partial charge in [-0.1, -0.05) is 11.6 Å². The number of halogens is 1. The molecule has 12 heteroatoms. The second-order valence-corrected chi connectivity index (χ2v) is 10.2. The van der Waals surface area contributed by atoms with Crippen LogP contribution in [0.5, 0.6) is 0 Å². The van der Waals surface area contributed by atoms with Gasteiger partial charge in [0, 0.05) is 53.4 Å². The zero-order valence-corrected chi connectivity index (χ0v) is 23.4. The fourth-order valence-corrected chi connectivity index (χ4v) is 5.18. The SMILES string of the molecule is Cc1cc(Cl)n2ncc(-c3ccncc3)c2n1.Cc1cc(Nc2cc(C)nc3c(-c4ccncc4)cnn23)sn1.